The quantitative estimate of drug-likeness (QED) is 0.408. The Balaban J connectivity index is 2.24. The van der Waals surface area contributed by atoms with Gasteiger partial charge in [0.2, 0.25) is 0 Å². The minimum atomic E-state index is 0.417. The molecule has 0 saturated carbocycles. The van der Waals surface area contributed by atoms with Crippen molar-refractivity contribution in [2.24, 2.45) is 0 Å². The molecule has 0 amide bonds. The number of nitriles is 1. The zero-order valence-corrected chi connectivity index (χ0v) is 17.7. The van der Waals surface area contributed by atoms with Gasteiger partial charge in [0.05, 0.1) is 19.9 Å². The van der Waals surface area contributed by atoms with Gasteiger partial charge in [-0.05, 0) is 43.5 Å². The lowest BCUT2D eigenvalue weighted by atomic mass is 10.1. The topological polar surface area (TPSA) is 71.3 Å². The van der Waals surface area contributed by atoms with Crippen molar-refractivity contribution in [2.45, 2.75) is 12.1 Å². The van der Waals surface area contributed by atoms with Crippen molar-refractivity contribution in [3.63, 3.8) is 0 Å². The molecule has 0 bridgehead atoms. The predicted molar refractivity (Wildman–Crippen MR) is 116 cm³/mol. The van der Waals surface area contributed by atoms with Crippen molar-refractivity contribution >= 4 is 23.3 Å². The SMILES string of the molecule is CCN(c1ccccc1)c1nc(SC)nc(-c2ccc(OC)c(OC)c2)c1C#N. The first-order valence-corrected chi connectivity index (χ1v) is 10.3. The molecule has 0 aliphatic rings. The molecular weight excluding hydrogens is 384 g/mol. The number of anilines is 2. The highest BCUT2D eigenvalue weighted by atomic mass is 32.2. The zero-order chi connectivity index (χ0) is 20.8. The molecule has 0 unspecified atom stereocenters. The van der Waals surface area contributed by atoms with Crippen molar-refractivity contribution in [1.82, 2.24) is 9.97 Å². The normalized spacial score (nSPS) is 10.3. The van der Waals surface area contributed by atoms with E-state index < -0.39 is 0 Å². The number of ether oxygens (including phenoxy) is 2. The third-order valence-electron chi connectivity index (χ3n) is 4.46. The lowest BCUT2D eigenvalue weighted by Crippen LogP contribution is -2.20. The van der Waals surface area contributed by atoms with Crippen LogP contribution in [0.15, 0.2) is 53.7 Å². The summed E-state index contributed by atoms with van der Waals surface area (Å²) in [6, 6.07) is 17.7. The molecule has 1 aromatic heterocycles. The average Bonchev–Trinajstić information content (AvgIpc) is 2.79. The lowest BCUT2D eigenvalue weighted by molar-refractivity contribution is 0.355. The summed E-state index contributed by atoms with van der Waals surface area (Å²) in [6.45, 7) is 2.69. The van der Waals surface area contributed by atoms with Crippen LogP contribution < -0.4 is 14.4 Å². The van der Waals surface area contributed by atoms with E-state index in [1.54, 1.807) is 14.2 Å². The van der Waals surface area contributed by atoms with E-state index >= 15 is 0 Å². The van der Waals surface area contributed by atoms with Crippen molar-refractivity contribution in [1.29, 1.82) is 5.26 Å². The highest BCUT2D eigenvalue weighted by Gasteiger charge is 2.21. The van der Waals surface area contributed by atoms with Crippen molar-refractivity contribution in [2.75, 3.05) is 31.9 Å². The van der Waals surface area contributed by atoms with E-state index in [-0.39, 0.29) is 0 Å². The molecule has 3 rings (SSSR count). The molecular formula is C22H22N4O2S. The van der Waals surface area contributed by atoms with Crippen LogP contribution >= 0.6 is 11.8 Å². The van der Waals surface area contributed by atoms with Crippen LogP contribution in [0.1, 0.15) is 12.5 Å². The van der Waals surface area contributed by atoms with Crippen LogP contribution in [0.2, 0.25) is 0 Å². The first kappa shape index (κ1) is 20.5. The van der Waals surface area contributed by atoms with Crippen LogP contribution in [0, 0.1) is 11.3 Å². The Kier molecular flexibility index (Phi) is 6.57. The first-order chi connectivity index (χ1) is 14.2. The third kappa shape index (κ3) is 4.13. The summed E-state index contributed by atoms with van der Waals surface area (Å²) in [5.74, 6) is 1.79. The highest BCUT2D eigenvalue weighted by Crippen LogP contribution is 2.37. The Bertz CT molecular complexity index is 1030. The number of aromatic nitrogens is 2. The predicted octanol–water partition coefficient (Wildman–Crippen LogP) is 4.91. The van der Waals surface area contributed by atoms with Gasteiger partial charge >= 0.3 is 0 Å². The average molecular weight is 407 g/mol. The first-order valence-electron chi connectivity index (χ1n) is 9.07. The summed E-state index contributed by atoms with van der Waals surface area (Å²) < 4.78 is 10.8. The monoisotopic (exact) mass is 406 g/mol. The van der Waals surface area contributed by atoms with Crippen molar-refractivity contribution in [3.05, 3.63) is 54.1 Å². The molecule has 0 aliphatic carbocycles. The van der Waals surface area contributed by atoms with Gasteiger partial charge in [-0.2, -0.15) is 5.26 Å². The number of para-hydroxylation sites is 1. The fraction of sp³-hybridized carbons (Fsp3) is 0.227. The van der Waals surface area contributed by atoms with Crippen molar-refractivity contribution < 1.29 is 9.47 Å². The summed E-state index contributed by atoms with van der Waals surface area (Å²) >= 11 is 1.44. The van der Waals surface area contributed by atoms with E-state index in [1.807, 2.05) is 66.6 Å². The van der Waals surface area contributed by atoms with Crippen LogP contribution in [0.25, 0.3) is 11.3 Å². The van der Waals surface area contributed by atoms with E-state index in [1.165, 1.54) is 11.8 Å². The molecule has 0 atom stereocenters. The van der Waals surface area contributed by atoms with Gasteiger partial charge in [0.25, 0.3) is 0 Å². The van der Waals surface area contributed by atoms with Gasteiger partial charge in [-0.15, -0.1) is 0 Å². The molecule has 1 heterocycles. The fourth-order valence-electron chi connectivity index (χ4n) is 3.07. The summed E-state index contributed by atoms with van der Waals surface area (Å²) in [7, 11) is 3.17. The van der Waals surface area contributed by atoms with Gasteiger partial charge in [0.1, 0.15) is 11.6 Å². The summed E-state index contributed by atoms with van der Waals surface area (Å²) in [5, 5.41) is 10.6. The molecule has 2 aromatic carbocycles. The van der Waals surface area contributed by atoms with Crippen LogP contribution in [-0.4, -0.2) is 37.0 Å². The van der Waals surface area contributed by atoms with Gasteiger partial charge in [-0.1, -0.05) is 30.0 Å². The van der Waals surface area contributed by atoms with Crippen LogP contribution in [0.4, 0.5) is 11.5 Å². The maximum Gasteiger partial charge on any atom is 0.189 e. The van der Waals surface area contributed by atoms with Gasteiger partial charge in [0.15, 0.2) is 22.5 Å². The molecule has 0 N–H and O–H groups in total. The maximum atomic E-state index is 10.0. The Morgan fingerprint density at radius 2 is 1.76 bits per heavy atom. The van der Waals surface area contributed by atoms with Crippen LogP contribution in [-0.2, 0) is 0 Å². The van der Waals surface area contributed by atoms with E-state index in [9.17, 15) is 5.26 Å². The summed E-state index contributed by atoms with van der Waals surface area (Å²) in [6.07, 6.45) is 1.92. The molecule has 0 saturated heterocycles. The van der Waals surface area contributed by atoms with E-state index in [0.717, 1.165) is 11.3 Å². The smallest absolute Gasteiger partial charge is 0.189 e. The number of rotatable bonds is 7. The number of nitrogens with zero attached hydrogens (tertiary/aromatic N) is 4. The largest absolute Gasteiger partial charge is 0.493 e. The second kappa shape index (κ2) is 9.30. The second-order valence-electron chi connectivity index (χ2n) is 6.02. The summed E-state index contributed by atoms with van der Waals surface area (Å²) in [5.41, 5.74) is 2.72. The summed E-state index contributed by atoms with van der Waals surface area (Å²) in [4.78, 5) is 11.3. The minimum absolute atomic E-state index is 0.417. The number of methoxy groups -OCH3 is 2. The number of hydrogen-bond donors (Lipinski definition) is 0. The fourth-order valence-corrected chi connectivity index (χ4v) is 3.43. The molecule has 3 aromatic rings. The molecule has 6 nitrogen and oxygen atoms in total. The third-order valence-corrected chi connectivity index (χ3v) is 5.01. The highest BCUT2D eigenvalue weighted by molar-refractivity contribution is 7.98. The number of benzene rings is 2. The minimum Gasteiger partial charge on any atom is -0.493 e. The lowest BCUT2D eigenvalue weighted by Gasteiger charge is -2.24. The number of thioether (sulfide) groups is 1. The zero-order valence-electron chi connectivity index (χ0n) is 16.8. The van der Waals surface area contributed by atoms with E-state index in [2.05, 4.69) is 16.0 Å². The molecule has 0 aliphatic heterocycles. The second-order valence-corrected chi connectivity index (χ2v) is 6.79. The number of hydrogen-bond acceptors (Lipinski definition) is 7. The Morgan fingerprint density at radius 3 is 2.34 bits per heavy atom. The Morgan fingerprint density at radius 1 is 1.03 bits per heavy atom. The Hall–Kier alpha value is -3.24. The molecule has 0 spiro atoms. The molecule has 0 radical (unpaired) electrons. The van der Waals surface area contributed by atoms with Crippen LogP contribution in [0.3, 0.4) is 0 Å². The molecule has 0 fully saturated rings. The van der Waals surface area contributed by atoms with E-state index in [4.69, 9.17) is 9.47 Å². The van der Waals surface area contributed by atoms with Gasteiger partial charge < -0.3 is 14.4 Å². The molecule has 29 heavy (non-hydrogen) atoms. The standard InChI is InChI=1S/C22H22N4O2S/c1-5-26(16-9-7-6-8-10-16)21-17(14-23)20(24-22(25-21)29-4)15-11-12-18(27-2)19(13-15)28-3/h6-13H,5H2,1-4H3. The van der Waals surface area contributed by atoms with Gasteiger partial charge in [-0.25, -0.2) is 9.97 Å². The Labute approximate surface area is 175 Å². The van der Waals surface area contributed by atoms with E-state index in [0.29, 0.717) is 40.3 Å². The maximum absolute atomic E-state index is 10.0. The van der Waals surface area contributed by atoms with Gasteiger partial charge in [-0.3, -0.25) is 0 Å². The molecule has 148 valence electrons. The molecule has 7 heteroatoms. The van der Waals surface area contributed by atoms with Gasteiger partial charge in [0, 0.05) is 17.8 Å². The van der Waals surface area contributed by atoms with Crippen molar-refractivity contribution in [3.8, 4) is 28.8 Å². The van der Waals surface area contributed by atoms with Crippen LogP contribution in [0.5, 0.6) is 11.5 Å².